The van der Waals surface area contributed by atoms with E-state index in [9.17, 15) is 19.2 Å². The van der Waals surface area contributed by atoms with Crippen LogP contribution in [0.2, 0.25) is 0 Å². The van der Waals surface area contributed by atoms with E-state index in [-0.39, 0.29) is 23.6 Å². The summed E-state index contributed by atoms with van der Waals surface area (Å²) < 4.78 is 3.61. The molecule has 0 aliphatic rings. The lowest BCUT2D eigenvalue weighted by Gasteiger charge is -2.25. The van der Waals surface area contributed by atoms with Crippen molar-refractivity contribution in [2.75, 3.05) is 11.9 Å². The van der Waals surface area contributed by atoms with Gasteiger partial charge in [0.1, 0.15) is 12.6 Å². The maximum atomic E-state index is 13.4. The number of likely N-dealkylation sites (N-methyl/N-ethyl adjacent to an activating group) is 1. The number of hydrogen-bond donors (Lipinski definition) is 1. The van der Waals surface area contributed by atoms with E-state index in [1.807, 2.05) is 60.7 Å². The van der Waals surface area contributed by atoms with Crippen molar-refractivity contribution in [1.29, 1.82) is 0 Å². The Kier molecular flexibility index (Phi) is 6.63. The monoisotopic (exact) mass is 474 g/mol. The molecule has 2 heterocycles. The molecule has 4 rings (SSSR count). The van der Waals surface area contributed by atoms with Crippen LogP contribution in [0.5, 0.6) is 0 Å². The second-order valence-corrected chi connectivity index (χ2v) is 8.29. The second-order valence-electron chi connectivity index (χ2n) is 8.29. The van der Waals surface area contributed by atoms with Gasteiger partial charge in [-0.3, -0.25) is 23.5 Å². The van der Waals surface area contributed by atoms with Crippen LogP contribution in [0.15, 0.2) is 76.6 Å². The number of aromatic nitrogens is 4. The fraction of sp³-hybridized carbons (Fsp3) is 0.240. The zero-order valence-corrected chi connectivity index (χ0v) is 19.7. The fourth-order valence-corrected chi connectivity index (χ4v) is 3.97. The van der Waals surface area contributed by atoms with E-state index in [0.717, 1.165) is 10.1 Å². The van der Waals surface area contributed by atoms with E-state index in [4.69, 9.17) is 0 Å². The lowest BCUT2D eigenvalue weighted by Crippen LogP contribution is -2.49. The van der Waals surface area contributed by atoms with Crippen LogP contribution in [0, 0.1) is 0 Å². The molecule has 10 heteroatoms. The topological polar surface area (TPSA) is 111 Å². The van der Waals surface area contributed by atoms with Gasteiger partial charge in [-0.15, -0.1) is 0 Å². The standard InChI is InChI=1S/C25H26N6O4/c1-28(18-12-8-5-9-13-18)23(33)19(14-17-10-6-4-7-11-17)27-20(32)15-31-16-26-22-21(31)24(34)30(3)25(35)29(22)2/h4-13,16,19H,14-15H2,1-3H3,(H,27,32)/t19-/m0/s1. The Bertz CT molecular complexity index is 1490. The van der Waals surface area contributed by atoms with E-state index in [1.165, 1.54) is 34.5 Å². The molecule has 35 heavy (non-hydrogen) atoms. The number of aryl methyl sites for hydroxylation is 1. The minimum absolute atomic E-state index is 0.136. The number of fused-ring (bicyclic) bond motifs is 1. The average molecular weight is 475 g/mol. The van der Waals surface area contributed by atoms with Crippen LogP contribution in [-0.2, 0) is 36.6 Å². The first-order valence-corrected chi connectivity index (χ1v) is 11.0. The molecule has 0 spiro atoms. The quantitative estimate of drug-likeness (QED) is 0.426. The van der Waals surface area contributed by atoms with Crippen molar-refractivity contribution in [3.05, 3.63) is 93.4 Å². The van der Waals surface area contributed by atoms with Gasteiger partial charge in [-0.25, -0.2) is 9.78 Å². The summed E-state index contributed by atoms with van der Waals surface area (Å²) in [6.45, 7) is -0.239. The van der Waals surface area contributed by atoms with Gasteiger partial charge >= 0.3 is 5.69 Å². The molecule has 180 valence electrons. The first-order valence-electron chi connectivity index (χ1n) is 11.0. The summed E-state index contributed by atoms with van der Waals surface area (Å²) in [4.78, 5) is 56.9. The predicted molar refractivity (Wildman–Crippen MR) is 132 cm³/mol. The SMILES string of the molecule is CN(C(=O)[C@H](Cc1ccccc1)NC(=O)Cn1cnc2c1c(=O)n(C)c(=O)n2C)c1ccccc1. The van der Waals surface area contributed by atoms with Gasteiger partial charge < -0.3 is 14.8 Å². The number of nitrogens with one attached hydrogen (secondary N) is 1. The highest BCUT2D eigenvalue weighted by atomic mass is 16.2. The third-order valence-corrected chi connectivity index (χ3v) is 5.92. The summed E-state index contributed by atoms with van der Waals surface area (Å²) in [5.74, 6) is -0.738. The van der Waals surface area contributed by atoms with Gasteiger partial charge in [0.2, 0.25) is 11.8 Å². The van der Waals surface area contributed by atoms with Crippen LogP contribution >= 0.6 is 0 Å². The van der Waals surface area contributed by atoms with Gasteiger partial charge in [-0.05, 0) is 17.7 Å². The molecule has 0 radical (unpaired) electrons. The van der Waals surface area contributed by atoms with E-state index in [2.05, 4.69) is 10.3 Å². The number of para-hydroxylation sites is 1. The Balaban J connectivity index is 1.61. The van der Waals surface area contributed by atoms with Crippen LogP contribution in [0.4, 0.5) is 5.69 Å². The third-order valence-electron chi connectivity index (χ3n) is 5.92. The van der Waals surface area contributed by atoms with Crippen LogP contribution in [-0.4, -0.2) is 43.6 Å². The lowest BCUT2D eigenvalue weighted by atomic mass is 10.0. The van der Waals surface area contributed by atoms with Crippen LogP contribution < -0.4 is 21.5 Å². The number of hydrogen-bond acceptors (Lipinski definition) is 5. The Morgan fingerprint density at radius 3 is 2.26 bits per heavy atom. The molecule has 2 aromatic heterocycles. The van der Waals surface area contributed by atoms with Crippen molar-refractivity contribution in [2.45, 2.75) is 19.0 Å². The molecule has 10 nitrogen and oxygen atoms in total. The van der Waals surface area contributed by atoms with Crippen molar-refractivity contribution in [3.63, 3.8) is 0 Å². The van der Waals surface area contributed by atoms with Gasteiger partial charge in [0.25, 0.3) is 5.56 Å². The van der Waals surface area contributed by atoms with Gasteiger partial charge in [0.05, 0.1) is 6.33 Å². The number of rotatable bonds is 7. The molecule has 0 aliphatic carbocycles. The number of nitrogens with zero attached hydrogens (tertiary/aromatic N) is 5. The number of benzene rings is 2. The molecule has 4 aromatic rings. The van der Waals surface area contributed by atoms with Crippen molar-refractivity contribution < 1.29 is 9.59 Å². The summed E-state index contributed by atoms with van der Waals surface area (Å²) in [6, 6.07) is 17.7. The van der Waals surface area contributed by atoms with E-state index >= 15 is 0 Å². The number of amides is 2. The van der Waals surface area contributed by atoms with Crippen LogP contribution in [0.1, 0.15) is 5.56 Å². The van der Waals surface area contributed by atoms with Crippen molar-refractivity contribution in [2.24, 2.45) is 14.1 Å². The van der Waals surface area contributed by atoms with Crippen molar-refractivity contribution in [1.82, 2.24) is 24.0 Å². The highest BCUT2D eigenvalue weighted by Gasteiger charge is 2.26. The lowest BCUT2D eigenvalue weighted by molar-refractivity contribution is -0.127. The summed E-state index contributed by atoms with van der Waals surface area (Å²) in [5.41, 5.74) is 0.867. The minimum atomic E-state index is -0.836. The number of imidazole rings is 1. The molecule has 2 amide bonds. The molecule has 1 N–H and O–H groups in total. The zero-order valence-electron chi connectivity index (χ0n) is 19.7. The Morgan fingerprint density at radius 2 is 1.60 bits per heavy atom. The van der Waals surface area contributed by atoms with Crippen LogP contribution in [0.3, 0.4) is 0 Å². The van der Waals surface area contributed by atoms with Gasteiger partial charge in [0, 0.05) is 33.3 Å². The first-order chi connectivity index (χ1) is 16.8. The van der Waals surface area contributed by atoms with Gasteiger partial charge in [-0.1, -0.05) is 48.5 Å². The smallest absolute Gasteiger partial charge is 0.332 e. The predicted octanol–water partition coefficient (Wildman–Crippen LogP) is 0.824. The fourth-order valence-electron chi connectivity index (χ4n) is 3.97. The van der Waals surface area contributed by atoms with Gasteiger partial charge in [-0.2, -0.15) is 0 Å². The summed E-state index contributed by atoms with van der Waals surface area (Å²) in [7, 11) is 4.54. The molecule has 0 aliphatic heterocycles. The molecule has 1 atom stereocenters. The normalized spacial score (nSPS) is 11.9. The van der Waals surface area contributed by atoms with Crippen LogP contribution in [0.25, 0.3) is 11.2 Å². The first kappa shape index (κ1) is 23.7. The number of carbonyl (C=O) groups is 2. The van der Waals surface area contributed by atoms with E-state index in [1.54, 1.807) is 7.05 Å². The molecule has 2 aromatic carbocycles. The summed E-state index contributed by atoms with van der Waals surface area (Å²) in [5, 5.41) is 2.82. The van der Waals surface area contributed by atoms with Gasteiger partial charge in [0.15, 0.2) is 11.2 Å². The second kappa shape index (κ2) is 9.80. The van der Waals surface area contributed by atoms with E-state index < -0.39 is 23.2 Å². The molecular formula is C25H26N6O4. The number of carbonyl (C=O) groups excluding carboxylic acids is 2. The van der Waals surface area contributed by atoms with Crippen molar-refractivity contribution >= 4 is 28.7 Å². The maximum absolute atomic E-state index is 13.4. The highest BCUT2D eigenvalue weighted by molar-refractivity contribution is 5.99. The maximum Gasteiger partial charge on any atom is 0.332 e. The van der Waals surface area contributed by atoms with E-state index in [0.29, 0.717) is 12.1 Å². The molecule has 0 saturated carbocycles. The molecular weight excluding hydrogens is 448 g/mol. The highest BCUT2D eigenvalue weighted by Crippen LogP contribution is 2.14. The molecule has 0 saturated heterocycles. The molecule has 0 bridgehead atoms. The average Bonchev–Trinajstić information content (AvgIpc) is 3.29. The molecule has 0 fully saturated rings. The third kappa shape index (κ3) is 4.77. The summed E-state index contributed by atoms with van der Waals surface area (Å²) in [6.07, 6.45) is 1.64. The minimum Gasteiger partial charge on any atom is -0.342 e. The molecule has 0 unspecified atom stereocenters. The Hall–Kier alpha value is -4.47. The Labute approximate surface area is 201 Å². The Morgan fingerprint density at radius 1 is 0.971 bits per heavy atom. The van der Waals surface area contributed by atoms with Crippen molar-refractivity contribution in [3.8, 4) is 0 Å². The zero-order chi connectivity index (χ0) is 25.1. The largest absolute Gasteiger partial charge is 0.342 e. The number of anilines is 1. The summed E-state index contributed by atoms with van der Waals surface area (Å²) >= 11 is 0.